The van der Waals surface area contributed by atoms with Crippen molar-refractivity contribution in [1.82, 2.24) is 0 Å². The van der Waals surface area contributed by atoms with Gasteiger partial charge in [-0.05, 0) is 17.9 Å². The highest BCUT2D eigenvalue weighted by Crippen LogP contribution is 2.29. The van der Waals surface area contributed by atoms with E-state index in [1.165, 1.54) is 0 Å². The number of nitrogens with zero attached hydrogens (tertiary/aromatic N) is 2. The summed E-state index contributed by atoms with van der Waals surface area (Å²) >= 11 is 0. The van der Waals surface area contributed by atoms with E-state index in [0.717, 1.165) is 28.9 Å². The fourth-order valence-corrected chi connectivity index (χ4v) is 2.96. The first-order chi connectivity index (χ1) is 11.9. The van der Waals surface area contributed by atoms with E-state index in [1.54, 1.807) is 4.90 Å². The Kier molecular flexibility index (Phi) is 4.73. The molecule has 4 nitrogen and oxygen atoms in total. The van der Waals surface area contributed by atoms with E-state index in [2.05, 4.69) is 25.8 Å². The molecule has 1 amide bonds. The molecular formula is C21H25N3O. The molecule has 0 spiro atoms. The number of carbonyl (C=O) groups excluding carboxylic acids is 1. The number of fused-ring (bicyclic) bond motifs is 1. The number of nitrogens with two attached hydrogens (primary N) is 1. The zero-order valence-electron chi connectivity index (χ0n) is 15.1. The maximum atomic E-state index is 12.9. The molecule has 4 heteroatoms. The molecule has 2 aromatic rings. The smallest absolute Gasteiger partial charge is 0.266 e. The van der Waals surface area contributed by atoms with Crippen LogP contribution in [0.4, 0.5) is 5.69 Å². The van der Waals surface area contributed by atoms with Gasteiger partial charge in [-0.15, -0.1) is 0 Å². The number of amides is 1. The van der Waals surface area contributed by atoms with Crippen molar-refractivity contribution >= 4 is 17.3 Å². The highest BCUT2D eigenvalue weighted by Gasteiger charge is 2.30. The maximum Gasteiger partial charge on any atom is 0.266 e. The maximum absolute atomic E-state index is 12.9. The zero-order chi connectivity index (χ0) is 18.0. The number of aliphatic imine (C=N–C) groups is 1. The van der Waals surface area contributed by atoms with Crippen molar-refractivity contribution in [3.8, 4) is 0 Å². The number of hydrogen-bond donors (Lipinski definition) is 1. The summed E-state index contributed by atoms with van der Waals surface area (Å²) in [5.41, 5.74) is 9.84. The molecule has 1 aliphatic heterocycles. The van der Waals surface area contributed by atoms with Crippen LogP contribution < -0.4 is 10.6 Å². The van der Waals surface area contributed by atoms with Crippen molar-refractivity contribution in [3.63, 3.8) is 0 Å². The fraction of sp³-hybridized carbons (Fsp3) is 0.333. The lowest BCUT2D eigenvalue weighted by Crippen LogP contribution is -2.43. The minimum absolute atomic E-state index is 0.134. The molecule has 0 saturated carbocycles. The molecule has 1 aliphatic rings. The van der Waals surface area contributed by atoms with E-state index in [9.17, 15) is 4.79 Å². The number of carbonyl (C=O) groups is 1. The summed E-state index contributed by atoms with van der Waals surface area (Å²) in [7, 11) is 0. The summed E-state index contributed by atoms with van der Waals surface area (Å²) in [6.07, 6.45) is 0.00284. The summed E-state index contributed by atoms with van der Waals surface area (Å²) in [5, 5.41) is 0. The summed E-state index contributed by atoms with van der Waals surface area (Å²) < 4.78 is 0. The van der Waals surface area contributed by atoms with E-state index >= 15 is 0 Å². The van der Waals surface area contributed by atoms with Gasteiger partial charge in [0.1, 0.15) is 0 Å². The van der Waals surface area contributed by atoms with Gasteiger partial charge in [-0.1, -0.05) is 69.3 Å². The Bertz CT molecular complexity index is 790. The van der Waals surface area contributed by atoms with Crippen molar-refractivity contribution in [3.05, 3.63) is 65.7 Å². The molecule has 1 heterocycles. The minimum atomic E-state index is -0.887. The van der Waals surface area contributed by atoms with E-state index in [4.69, 9.17) is 5.73 Å². The van der Waals surface area contributed by atoms with E-state index in [1.807, 2.05) is 54.6 Å². The average Bonchev–Trinajstić information content (AvgIpc) is 2.69. The van der Waals surface area contributed by atoms with E-state index in [0.29, 0.717) is 6.54 Å². The Morgan fingerprint density at radius 3 is 2.36 bits per heavy atom. The molecule has 1 unspecified atom stereocenters. The molecule has 2 N–H and O–H groups in total. The summed E-state index contributed by atoms with van der Waals surface area (Å²) in [5.74, 6) is -0.150. The normalized spacial score (nSPS) is 17.8. The third kappa shape index (κ3) is 3.80. The van der Waals surface area contributed by atoms with Crippen LogP contribution in [-0.2, 0) is 4.79 Å². The standard InChI is InChI=1S/C21H25N3O/c1-21(2,3)13-14-24-17-12-8-7-11-16(17)18(23-19(22)20(24)25)15-9-5-4-6-10-15/h4-12,19H,13-14,22H2,1-3H3. The van der Waals surface area contributed by atoms with Crippen LogP contribution in [0.25, 0.3) is 0 Å². The Labute approximate surface area is 149 Å². The lowest BCUT2D eigenvalue weighted by Gasteiger charge is -2.28. The third-order valence-corrected chi connectivity index (χ3v) is 4.37. The second kappa shape index (κ2) is 6.81. The SMILES string of the molecule is CC(C)(C)CCN1C(=O)C(N)N=C(c2ccccc2)c2ccccc21. The van der Waals surface area contributed by atoms with Crippen LogP contribution in [-0.4, -0.2) is 24.3 Å². The summed E-state index contributed by atoms with van der Waals surface area (Å²) in [4.78, 5) is 19.3. The largest absolute Gasteiger partial charge is 0.309 e. The molecule has 0 fully saturated rings. The van der Waals surface area contributed by atoms with Crippen LogP contribution in [0.1, 0.15) is 38.3 Å². The number of benzodiazepines with no additional fused rings is 1. The first kappa shape index (κ1) is 17.4. The predicted molar refractivity (Wildman–Crippen MR) is 103 cm³/mol. The number of hydrogen-bond acceptors (Lipinski definition) is 3. The van der Waals surface area contributed by atoms with Crippen LogP contribution in [0.15, 0.2) is 59.6 Å². The second-order valence-corrected chi connectivity index (χ2v) is 7.61. The van der Waals surface area contributed by atoms with Gasteiger partial charge in [0.05, 0.1) is 11.4 Å². The first-order valence-corrected chi connectivity index (χ1v) is 8.66. The molecule has 2 aromatic carbocycles. The Hall–Kier alpha value is -2.46. The lowest BCUT2D eigenvalue weighted by molar-refractivity contribution is -0.119. The number of anilines is 1. The summed E-state index contributed by atoms with van der Waals surface area (Å²) in [6, 6.07) is 17.8. The molecular weight excluding hydrogens is 310 g/mol. The average molecular weight is 335 g/mol. The molecule has 1 atom stereocenters. The summed E-state index contributed by atoms with van der Waals surface area (Å²) in [6.45, 7) is 7.15. The molecule has 0 aliphatic carbocycles. The lowest BCUT2D eigenvalue weighted by atomic mass is 9.91. The quantitative estimate of drug-likeness (QED) is 0.932. The highest BCUT2D eigenvalue weighted by molar-refractivity contribution is 6.20. The Morgan fingerprint density at radius 2 is 1.68 bits per heavy atom. The van der Waals surface area contributed by atoms with E-state index < -0.39 is 6.17 Å². The van der Waals surface area contributed by atoms with Gasteiger partial charge in [0.25, 0.3) is 5.91 Å². The van der Waals surface area contributed by atoms with Crippen molar-refractivity contribution in [2.75, 3.05) is 11.4 Å². The topological polar surface area (TPSA) is 58.7 Å². The van der Waals surface area contributed by atoms with E-state index in [-0.39, 0.29) is 11.3 Å². The molecule has 0 radical (unpaired) electrons. The molecule has 25 heavy (non-hydrogen) atoms. The van der Waals surface area contributed by atoms with Gasteiger partial charge in [0.2, 0.25) is 0 Å². The van der Waals surface area contributed by atoms with Gasteiger partial charge in [-0.2, -0.15) is 0 Å². The zero-order valence-corrected chi connectivity index (χ0v) is 15.1. The Morgan fingerprint density at radius 1 is 1.04 bits per heavy atom. The van der Waals surface area contributed by atoms with Crippen LogP contribution in [0.5, 0.6) is 0 Å². The third-order valence-electron chi connectivity index (χ3n) is 4.37. The van der Waals surface area contributed by atoms with Crippen molar-refractivity contribution in [2.45, 2.75) is 33.4 Å². The van der Waals surface area contributed by atoms with Gasteiger partial charge in [-0.25, -0.2) is 0 Å². The van der Waals surface area contributed by atoms with Crippen molar-refractivity contribution in [1.29, 1.82) is 0 Å². The highest BCUT2D eigenvalue weighted by atomic mass is 16.2. The van der Waals surface area contributed by atoms with Crippen LogP contribution in [0, 0.1) is 5.41 Å². The molecule has 0 saturated heterocycles. The molecule has 130 valence electrons. The molecule has 0 aromatic heterocycles. The first-order valence-electron chi connectivity index (χ1n) is 8.66. The molecule has 0 bridgehead atoms. The van der Waals surface area contributed by atoms with Gasteiger partial charge in [0, 0.05) is 17.7 Å². The number of rotatable bonds is 3. The van der Waals surface area contributed by atoms with Crippen molar-refractivity contribution in [2.24, 2.45) is 16.1 Å². The van der Waals surface area contributed by atoms with Crippen LogP contribution in [0.3, 0.4) is 0 Å². The van der Waals surface area contributed by atoms with Crippen LogP contribution >= 0.6 is 0 Å². The van der Waals surface area contributed by atoms with Gasteiger partial charge >= 0.3 is 0 Å². The number of benzene rings is 2. The Balaban J connectivity index is 2.08. The van der Waals surface area contributed by atoms with Crippen LogP contribution in [0.2, 0.25) is 0 Å². The van der Waals surface area contributed by atoms with Gasteiger partial charge in [-0.3, -0.25) is 9.79 Å². The predicted octanol–water partition coefficient (Wildman–Crippen LogP) is 3.59. The number of para-hydroxylation sites is 1. The molecule has 3 rings (SSSR count). The monoisotopic (exact) mass is 335 g/mol. The second-order valence-electron chi connectivity index (χ2n) is 7.61. The van der Waals surface area contributed by atoms with Crippen molar-refractivity contribution < 1.29 is 4.79 Å². The van der Waals surface area contributed by atoms with Gasteiger partial charge < -0.3 is 10.6 Å². The fourth-order valence-electron chi connectivity index (χ4n) is 2.96. The van der Waals surface area contributed by atoms with Gasteiger partial charge in [0.15, 0.2) is 6.17 Å². The minimum Gasteiger partial charge on any atom is -0.309 e.